The van der Waals surface area contributed by atoms with Crippen molar-refractivity contribution in [2.75, 3.05) is 21.3 Å². The number of methoxy groups -OCH3 is 3. The summed E-state index contributed by atoms with van der Waals surface area (Å²) in [6.45, 7) is 0. The maximum absolute atomic E-state index is 12.7. The number of carbonyl (C=O) groups is 2. The SMILES string of the molecule is COc1ccc(C(CC(=O)O)NC(=O)[C@H](OC)c2ccccc2)cc1OC. The van der Waals surface area contributed by atoms with Crippen LogP contribution in [0.2, 0.25) is 0 Å². The van der Waals surface area contributed by atoms with Crippen LogP contribution in [0.1, 0.15) is 29.7 Å². The van der Waals surface area contributed by atoms with Gasteiger partial charge in [0.1, 0.15) is 0 Å². The van der Waals surface area contributed by atoms with Crippen LogP contribution in [0.5, 0.6) is 11.5 Å². The molecule has 2 atom stereocenters. The zero-order chi connectivity index (χ0) is 19.8. The minimum Gasteiger partial charge on any atom is -0.493 e. The summed E-state index contributed by atoms with van der Waals surface area (Å²) in [7, 11) is 4.43. The van der Waals surface area contributed by atoms with Crippen molar-refractivity contribution in [1.82, 2.24) is 5.32 Å². The lowest BCUT2D eigenvalue weighted by Crippen LogP contribution is -2.34. The third-order valence-electron chi connectivity index (χ3n) is 4.08. The maximum Gasteiger partial charge on any atom is 0.305 e. The standard InChI is InChI=1S/C20H23NO6/c1-25-16-10-9-14(11-17(16)26-2)15(12-18(22)23)21-20(24)19(27-3)13-7-5-4-6-8-13/h4-11,15,19H,12H2,1-3H3,(H,21,24)(H,22,23)/t15?,19-/m1/s1. The van der Waals surface area contributed by atoms with E-state index >= 15 is 0 Å². The second-order valence-electron chi connectivity index (χ2n) is 5.80. The molecule has 0 aliphatic rings. The highest BCUT2D eigenvalue weighted by Crippen LogP contribution is 2.31. The monoisotopic (exact) mass is 373 g/mol. The number of amides is 1. The fourth-order valence-electron chi connectivity index (χ4n) is 2.77. The van der Waals surface area contributed by atoms with Crippen molar-refractivity contribution in [3.63, 3.8) is 0 Å². The third-order valence-corrected chi connectivity index (χ3v) is 4.08. The molecule has 2 N–H and O–H groups in total. The van der Waals surface area contributed by atoms with Crippen molar-refractivity contribution < 1.29 is 28.9 Å². The molecule has 0 saturated heterocycles. The number of ether oxygens (including phenoxy) is 3. The first kappa shape index (κ1) is 20.3. The Morgan fingerprint density at radius 1 is 0.963 bits per heavy atom. The molecule has 0 aliphatic heterocycles. The first-order chi connectivity index (χ1) is 13.0. The Morgan fingerprint density at radius 2 is 1.63 bits per heavy atom. The molecular formula is C20H23NO6. The molecule has 7 heteroatoms. The Bertz CT molecular complexity index is 777. The van der Waals surface area contributed by atoms with E-state index in [4.69, 9.17) is 14.2 Å². The summed E-state index contributed by atoms with van der Waals surface area (Å²) in [5, 5.41) is 12.0. The molecule has 0 aromatic heterocycles. The van der Waals surface area contributed by atoms with E-state index in [2.05, 4.69) is 5.32 Å². The molecule has 1 unspecified atom stereocenters. The predicted molar refractivity (Wildman–Crippen MR) is 98.9 cm³/mol. The highest BCUT2D eigenvalue weighted by atomic mass is 16.5. The van der Waals surface area contributed by atoms with Gasteiger partial charge in [-0.3, -0.25) is 9.59 Å². The average molecular weight is 373 g/mol. The van der Waals surface area contributed by atoms with E-state index in [1.165, 1.54) is 21.3 Å². The van der Waals surface area contributed by atoms with Crippen LogP contribution >= 0.6 is 0 Å². The highest BCUT2D eigenvalue weighted by Gasteiger charge is 2.25. The van der Waals surface area contributed by atoms with E-state index in [1.54, 1.807) is 42.5 Å². The molecule has 0 spiro atoms. The van der Waals surface area contributed by atoms with Gasteiger partial charge in [-0.05, 0) is 23.3 Å². The summed E-state index contributed by atoms with van der Waals surface area (Å²) >= 11 is 0. The van der Waals surface area contributed by atoms with Crippen LogP contribution in [0.25, 0.3) is 0 Å². The van der Waals surface area contributed by atoms with Gasteiger partial charge in [0.25, 0.3) is 5.91 Å². The van der Waals surface area contributed by atoms with E-state index in [9.17, 15) is 14.7 Å². The molecule has 0 radical (unpaired) electrons. The van der Waals surface area contributed by atoms with Crippen LogP contribution in [0.4, 0.5) is 0 Å². The molecule has 2 aromatic rings. The first-order valence-electron chi connectivity index (χ1n) is 8.32. The van der Waals surface area contributed by atoms with E-state index < -0.39 is 24.0 Å². The molecule has 144 valence electrons. The van der Waals surface area contributed by atoms with E-state index in [0.717, 1.165) is 0 Å². The molecule has 27 heavy (non-hydrogen) atoms. The molecule has 0 bridgehead atoms. The molecule has 0 aliphatic carbocycles. The molecule has 2 rings (SSSR count). The first-order valence-corrected chi connectivity index (χ1v) is 8.32. The summed E-state index contributed by atoms with van der Waals surface area (Å²) in [5.41, 5.74) is 1.27. The fraction of sp³-hybridized carbons (Fsp3) is 0.300. The third kappa shape index (κ3) is 5.21. The van der Waals surface area contributed by atoms with Crippen LogP contribution in [-0.2, 0) is 14.3 Å². The summed E-state index contributed by atoms with van der Waals surface area (Å²) in [6.07, 6.45) is -1.13. The van der Waals surface area contributed by atoms with Gasteiger partial charge >= 0.3 is 5.97 Å². The molecule has 0 saturated carbocycles. The van der Waals surface area contributed by atoms with Crippen molar-refractivity contribution >= 4 is 11.9 Å². The van der Waals surface area contributed by atoms with Gasteiger partial charge in [0.15, 0.2) is 17.6 Å². The van der Waals surface area contributed by atoms with Crippen LogP contribution in [-0.4, -0.2) is 38.3 Å². The Balaban J connectivity index is 2.28. The summed E-state index contributed by atoms with van der Waals surface area (Å²) in [5.74, 6) is -0.500. The van der Waals surface area contributed by atoms with Gasteiger partial charge in [-0.2, -0.15) is 0 Å². The number of carbonyl (C=O) groups excluding carboxylic acids is 1. The van der Waals surface area contributed by atoms with Crippen LogP contribution in [0.3, 0.4) is 0 Å². The lowest BCUT2D eigenvalue weighted by atomic mass is 10.0. The van der Waals surface area contributed by atoms with Crippen molar-refractivity contribution in [2.24, 2.45) is 0 Å². The lowest BCUT2D eigenvalue weighted by Gasteiger charge is -2.22. The largest absolute Gasteiger partial charge is 0.493 e. The van der Waals surface area contributed by atoms with Gasteiger partial charge in [0.05, 0.1) is 26.7 Å². The van der Waals surface area contributed by atoms with Gasteiger partial charge in [-0.1, -0.05) is 36.4 Å². The smallest absolute Gasteiger partial charge is 0.305 e. The zero-order valence-corrected chi connectivity index (χ0v) is 15.5. The molecule has 1 amide bonds. The second kappa shape index (κ2) is 9.59. The van der Waals surface area contributed by atoms with Crippen molar-refractivity contribution in [3.05, 3.63) is 59.7 Å². The lowest BCUT2D eigenvalue weighted by molar-refractivity contribution is -0.138. The van der Waals surface area contributed by atoms with Crippen LogP contribution in [0.15, 0.2) is 48.5 Å². The van der Waals surface area contributed by atoms with Gasteiger partial charge in [0, 0.05) is 7.11 Å². The van der Waals surface area contributed by atoms with Gasteiger partial charge in [-0.15, -0.1) is 0 Å². The Labute approximate surface area is 157 Å². The van der Waals surface area contributed by atoms with Crippen molar-refractivity contribution in [1.29, 1.82) is 0 Å². The molecular weight excluding hydrogens is 350 g/mol. The maximum atomic E-state index is 12.7. The molecule has 0 fully saturated rings. The number of benzene rings is 2. The zero-order valence-electron chi connectivity index (χ0n) is 15.5. The van der Waals surface area contributed by atoms with Crippen molar-refractivity contribution in [2.45, 2.75) is 18.6 Å². The number of carboxylic acid groups (broad SMARTS) is 1. The second-order valence-corrected chi connectivity index (χ2v) is 5.80. The Kier molecular flexibility index (Phi) is 7.19. The number of nitrogens with one attached hydrogen (secondary N) is 1. The number of hydrogen-bond acceptors (Lipinski definition) is 5. The van der Waals surface area contributed by atoms with Gasteiger partial charge < -0.3 is 24.6 Å². The van der Waals surface area contributed by atoms with E-state index in [-0.39, 0.29) is 6.42 Å². The summed E-state index contributed by atoms with van der Waals surface area (Å²) in [6, 6.07) is 13.3. The van der Waals surface area contributed by atoms with Crippen molar-refractivity contribution in [3.8, 4) is 11.5 Å². The highest BCUT2D eigenvalue weighted by molar-refractivity contribution is 5.83. The molecule has 2 aromatic carbocycles. The number of hydrogen-bond donors (Lipinski definition) is 2. The van der Waals surface area contributed by atoms with E-state index in [0.29, 0.717) is 22.6 Å². The fourth-order valence-corrected chi connectivity index (χ4v) is 2.77. The summed E-state index contributed by atoms with van der Waals surface area (Å²) < 4.78 is 15.8. The topological polar surface area (TPSA) is 94.1 Å². The summed E-state index contributed by atoms with van der Waals surface area (Å²) in [4.78, 5) is 24.0. The Morgan fingerprint density at radius 3 is 2.19 bits per heavy atom. The van der Waals surface area contributed by atoms with E-state index in [1.807, 2.05) is 6.07 Å². The van der Waals surface area contributed by atoms with Crippen LogP contribution in [0, 0.1) is 0 Å². The number of aliphatic carboxylic acids is 1. The predicted octanol–water partition coefficient (Wildman–Crippen LogP) is 2.72. The molecule has 0 heterocycles. The number of rotatable bonds is 9. The van der Waals surface area contributed by atoms with Gasteiger partial charge in [-0.25, -0.2) is 0 Å². The van der Waals surface area contributed by atoms with Gasteiger partial charge in [0.2, 0.25) is 0 Å². The normalized spacial score (nSPS) is 12.7. The quantitative estimate of drug-likeness (QED) is 0.702. The van der Waals surface area contributed by atoms with Crippen LogP contribution < -0.4 is 14.8 Å². The molecule has 7 nitrogen and oxygen atoms in total. The Hall–Kier alpha value is -3.06. The minimum atomic E-state index is -1.04. The minimum absolute atomic E-state index is 0.285. The number of carboxylic acids is 1. The average Bonchev–Trinajstić information content (AvgIpc) is 2.68.